The van der Waals surface area contributed by atoms with Gasteiger partial charge in [0.05, 0.1) is 0 Å². The fourth-order valence-corrected chi connectivity index (χ4v) is 1.03. The topological polar surface area (TPSA) is 20.2 Å². The molecule has 0 saturated heterocycles. The van der Waals surface area contributed by atoms with Crippen LogP contribution < -0.4 is 0 Å². The minimum absolute atomic E-state index is 0.139. The van der Waals surface area contributed by atoms with Crippen molar-refractivity contribution in [2.75, 3.05) is 0 Å². The van der Waals surface area contributed by atoms with E-state index in [1.807, 2.05) is 6.92 Å². The van der Waals surface area contributed by atoms with Crippen molar-refractivity contribution in [1.82, 2.24) is 0 Å². The zero-order valence-electron chi connectivity index (χ0n) is 10.3. The van der Waals surface area contributed by atoms with Crippen molar-refractivity contribution in [3.05, 3.63) is 24.3 Å². The smallest absolute Gasteiger partial charge is 0.123 e. The van der Waals surface area contributed by atoms with E-state index in [9.17, 15) is 5.11 Å². The summed E-state index contributed by atoms with van der Waals surface area (Å²) in [5.41, 5.74) is 0.390. The molecule has 84 valence electrons. The third kappa shape index (κ3) is 8.03. The second-order valence-electron chi connectivity index (χ2n) is 4.39. The molecule has 2 unspecified atom stereocenters. The lowest BCUT2D eigenvalue weighted by Gasteiger charge is -2.15. The second kappa shape index (κ2) is 6.48. The predicted octanol–water partition coefficient (Wildman–Crippen LogP) is 3.31. The maximum Gasteiger partial charge on any atom is 0.123 e. The van der Waals surface area contributed by atoms with E-state index in [0.717, 1.165) is 6.42 Å². The van der Waals surface area contributed by atoms with Gasteiger partial charge in [-0.15, -0.1) is 6.58 Å². The van der Waals surface area contributed by atoms with Crippen molar-refractivity contribution in [3.63, 3.8) is 0 Å². The largest absolute Gasteiger partial charge is 0.378 e. The minimum atomic E-state index is -0.886. The first-order chi connectivity index (χ1) is 6.87. The van der Waals surface area contributed by atoms with Crippen LogP contribution in [0.3, 0.4) is 0 Å². The summed E-state index contributed by atoms with van der Waals surface area (Å²) in [6.45, 7) is 11.5. The molecule has 0 aromatic heterocycles. The van der Waals surface area contributed by atoms with E-state index >= 15 is 0 Å². The van der Waals surface area contributed by atoms with Crippen LogP contribution in [0.25, 0.3) is 0 Å². The Hall–Kier alpha value is -1.00. The predicted molar refractivity (Wildman–Crippen MR) is 66.4 cm³/mol. The first-order valence-corrected chi connectivity index (χ1v) is 5.38. The molecule has 0 rings (SSSR count). The fraction of sp³-hybridized carbons (Fsp3) is 0.571. The molecular weight excluding hydrogens is 184 g/mol. The molecule has 0 amide bonds. The summed E-state index contributed by atoms with van der Waals surface area (Å²) in [5, 5.41) is 9.93. The third-order valence-corrected chi connectivity index (χ3v) is 2.11. The molecular formula is C14H22O. The number of hydrogen-bond acceptors (Lipinski definition) is 1. The fourth-order valence-electron chi connectivity index (χ4n) is 1.03. The molecule has 1 nitrogen and oxygen atoms in total. The van der Waals surface area contributed by atoms with Crippen LogP contribution in [0.1, 0.15) is 40.5 Å². The van der Waals surface area contributed by atoms with Crippen molar-refractivity contribution in [1.29, 1.82) is 0 Å². The van der Waals surface area contributed by atoms with Crippen molar-refractivity contribution in [3.8, 4) is 11.8 Å². The van der Waals surface area contributed by atoms with E-state index in [4.69, 9.17) is 0 Å². The molecule has 0 aliphatic heterocycles. The van der Waals surface area contributed by atoms with Crippen LogP contribution in [-0.4, -0.2) is 10.7 Å². The first kappa shape index (κ1) is 14.0. The van der Waals surface area contributed by atoms with Crippen LogP contribution in [0.2, 0.25) is 0 Å². The third-order valence-electron chi connectivity index (χ3n) is 2.11. The Bertz CT molecular complexity index is 282. The standard InChI is InChI=1S/C14H22O/c1-6-13(4)9-11-14(5,15)10-7-8-12(2)3/h6,8,13,15H,1,7,10H2,2-5H3. The molecule has 0 spiro atoms. The summed E-state index contributed by atoms with van der Waals surface area (Å²) in [6.07, 6.45) is 5.44. The van der Waals surface area contributed by atoms with Gasteiger partial charge in [0.1, 0.15) is 5.60 Å². The quantitative estimate of drug-likeness (QED) is 0.552. The summed E-state index contributed by atoms with van der Waals surface area (Å²) in [4.78, 5) is 0. The van der Waals surface area contributed by atoms with Crippen molar-refractivity contribution in [2.24, 2.45) is 5.92 Å². The van der Waals surface area contributed by atoms with Crippen molar-refractivity contribution in [2.45, 2.75) is 46.1 Å². The van der Waals surface area contributed by atoms with E-state index in [-0.39, 0.29) is 5.92 Å². The van der Waals surface area contributed by atoms with Crippen LogP contribution in [0.5, 0.6) is 0 Å². The highest BCUT2D eigenvalue weighted by molar-refractivity contribution is 5.16. The molecule has 0 aromatic carbocycles. The Morgan fingerprint density at radius 2 is 2.13 bits per heavy atom. The summed E-state index contributed by atoms with van der Waals surface area (Å²) in [6, 6.07) is 0. The Balaban J connectivity index is 4.22. The van der Waals surface area contributed by atoms with Gasteiger partial charge in [-0.2, -0.15) is 0 Å². The average Bonchev–Trinajstić information content (AvgIpc) is 2.13. The molecule has 1 N–H and O–H groups in total. The summed E-state index contributed by atoms with van der Waals surface area (Å²) < 4.78 is 0. The van der Waals surface area contributed by atoms with Gasteiger partial charge in [0, 0.05) is 5.92 Å². The highest BCUT2D eigenvalue weighted by Crippen LogP contribution is 2.12. The Kier molecular flexibility index (Phi) is 6.05. The van der Waals surface area contributed by atoms with Crippen LogP contribution in [0, 0.1) is 17.8 Å². The Morgan fingerprint density at radius 1 is 1.53 bits per heavy atom. The van der Waals surface area contributed by atoms with Gasteiger partial charge < -0.3 is 5.11 Å². The number of hydrogen-bond donors (Lipinski definition) is 1. The summed E-state index contributed by atoms with van der Waals surface area (Å²) >= 11 is 0. The molecule has 0 aliphatic rings. The SMILES string of the molecule is C=CC(C)C#CC(C)(O)CCC=C(C)C. The van der Waals surface area contributed by atoms with Crippen LogP contribution in [-0.2, 0) is 0 Å². The maximum absolute atomic E-state index is 9.93. The molecule has 0 heterocycles. The molecule has 15 heavy (non-hydrogen) atoms. The number of rotatable bonds is 4. The van der Waals surface area contributed by atoms with E-state index in [1.54, 1.807) is 13.0 Å². The zero-order chi connectivity index (χ0) is 11.9. The van der Waals surface area contributed by atoms with Gasteiger partial charge in [-0.05, 0) is 40.5 Å². The van der Waals surface area contributed by atoms with E-state index in [1.165, 1.54) is 5.57 Å². The average molecular weight is 206 g/mol. The highest BCUT2D eigenvalue weighted by atomic mass is 16.3. The molecule has 1 heteroatoms. The second-order valence-corrected chi connectivity index (χ2v) is 4.39. The van der Waals surface area contributed by atoms with Crippen LogP contribution >= 0.6 is 0 Å². The molecule has 0 aliphatic carbocycles. The van der Waals surface area contributed by atoms with E-state index in [0.29, 0.717) is 6.42 Å². The van der Waals surface area contributed by atoms with Gasteiger partial charge in [0.25, 0.3) is 0 Å². The molecule has 0 fully saturated rings. The monoisotopic (exact) mass is 206 g/mol. The van der Waals surface area contributed by atoms with Crippen molar-refractivity contribution < 1.29 is 5.11 Å². The van der Waals surface area contributed by atoms with Gasteiger partial charge in [-0.3, -0.25) is 0 Å². The lowest BCUT2D eigenvalue weighted by molar-refractivity contribution is 0.113. The number of allylic oxidation sites excluding steroid dienone is 3. The Labute approximate surface area is 93.9 Å². The summed E-state index contributed by atoms with van der Waals surface area (Å²) in [7, 11) is 0. The lowest BCUT2D eigenvalue weighted by Crippen LogP contribution is -2.21. The number of aliphatic hydroxyl groups is 1. The van der Waals surface area contributed by atoms with E-state index in [2.05, 4.69) is 38.3 Å². The first-order valence-electron chi connectivity index (χ1n) is 5.38. The van der Waals surface area contributed by atoms with Gasteiger partial charge in [-0.25, -0.2) is 0 Å². The molecule has 0 aromatic rings. The summed E-state index contributed by atoms with van der Waals surface area (Å²) in [5.74, 6) is 6.00. The molecule has 0 bridgehead atoms. The lowest BCUT2D eigenvalue weighted by atomic mass is 9.99. The van der Waals surface area contributed by atoms with Crippen LogP contribution in [0.4, 0.5) is 0 Å². The maximum atomic E-state index is 9.93. The van der Waals surface area contributed by atoms with Gasteiger partial charge in [0.15, 0.2) is 0 Å². The van der Waals surface area contributed by atoms with Gasteiger partial charge in [-0.1, -0.05) is 29.6 Å². The molecule has 2 atom stereocenters. The van der Waals surface area contributed by atoms with Gasteiger partial charge >= 0.3 is 0 Å². The van der Waals surface area contributed by atoms with E-state index < -0.39 is 5.60 Å². The minimum Gasteiger partial charge on any atom is -0.378 e. The Morgan fingerprint density at radius 3 is 2.60 bits per heavy atom. The molecule has 0 radical (unpaired) electrons. The molecule has 0 saturated carbocycles. The van der Waals surface area contributed by atoms with Gasteiger partial charge in [0.2, 0.25) is 0 Å². The highest BCUT2D eigenvalue weighted by Gasteiger charge is 2.15. The zero-order valence-corrected chi connectivity index (χ0v) is 10.3. The van der Waals surface area contributed by atoms with Crippen molar-refractivity contribution >= 4 is 0 Å². The normalized spacial score (nSPS) is 15.5. The van der Waals surface area contributed by atoms with Crippen LogP contribution in [0.15, 0.2) is 24.3 Å².